The molecule has 0 atom stereocenters. The van der Waals surface area contributed by atoms with Crippen molar-refractivity contribution in [2.45, 2.75) is 52.1 Å². The molecular formula is C24H26Cl3N3O. The van der Waals surface area contributed by atoms with E-state index in [1.165, 1.54) is 12.8 Å². The highest BCUT2D eigenvalue weighted by atomic mass is 35.5. The summed E-state index contributed by atoms with van der Waals surface area (Å²) in [7, 11) is 0. The van der Waals surface area contributed by atoms with Crippen LogP contribution in [0, 0.1) is 5.92 Å². The Hall–Kier alpha value is -1.75. The lowest BCUT2D eigenvalue weighted by molar-refractivity contribution is 0.0715. The molecule has 1 heterocycles. The van der Waals surface area contributed by atoms with Crippen LogP contribution in [0.2, 0.25) is 15.1 Å². The van der Waals surface area contributed by atoms with Gasteiger partial charge in [-0.3, -0.25) is 4.79 Å². The second kappa shape index (κ2) is 9.40. The lowest BCUT2D eigenvalue weighted by Crippen LogP contribution is -2.35. The lowest BCUT2D eigenvalue weighted by Gasteiger charge is -2.26. The maximum absolute atomic E-state index is 13.5. The number of carbonyl (C=O) groups is 1. The molecule has 1 aromatic heterocycles. The molecule has 0 N–H and O–H groups in total. The summed E-state index contributed by atoms with van der Waals surface area (Å²) in [5, 5.41) is 1.57. The molecule has 1 amide bonds. The summed E-state index contributed by atoms with van der Waals surface area (Å²) in [5.41, 5.74) is 2.40. The minimum Gasteiger partial charge on any atom is -0.331 e. The molecule has 0 unspecified atom stereocenters. The van der Waals surface area contributed by atoms with Gasteiger partial charge < -0.3 is 9.47 Å². The second-order valence-corrected chi connectivity index (χ2v) is 9.95. The Kier molecular flexibility index (Phi) is 6.80. The molecule has 7 heteroatoms. The highest BCUT2D eigenvalue weighted by Gasteiger charge is 2.26. The van der Waals surface area contributed by atoms with Gasteiger partial charge in [0.2, 0.25) is 0 Å². The fraction of sp³-hybridized carbons (Fsp3) is 0.417. The van der Waals surface area contributed by atoms with Crippen LogP contribution in [-0.2, 0) is 6.54 Å². The summed E-state index contributed by atoms with van der Waals surface area (Å²) in [6.45, 7) is 5.22. The molecule has 0 bridgehead atoms. The van der Waals surface area contributed by atoms with E-state index in [1.54, 1.807) is 18.2 Å². The molecule has 31 heavy (non-hydrogen) atoms. The highest BCUT2D eigenvalue weighted by Crippen LogP contribution is 2.35. The number of nitrogens with zero attached hydrogens (tertiary/aromatic N) is 3. The van der Waals surface area contributed by atoms with E-state index in [1.807, 2.05) is 23.1 Å². The minimum atomic E-state index is -0.113. The van der Waals surface area contributed by atoms with Crippen molar-refractivity contribution in [2.24, 2.45) is 5.92 Å². The van der Waals surface area contributed by atoms with Gasteiger partial charge >= 0.3 is 0 Å². The zero-order valence-electron chi connectivity index (χ0n) is 17.7. The Bertz CT molecular complexity index is 1100. The molecule has 1 aliphatic carbocycles. The first-order valence-electron chi connectivity index (χ1n) is 10.7. The first-order valence-corrected chi connectivity index (χ1v) is 11.9. The average Bonchev–Trinajstić information content (AvgIpc) is 3.33. The number of fused-ring (bicyclic) bond motifs is 1. The van der Waals surface area contributed by atoms with E-state index < -0.39 is 0 Å². The van der Waals surface area contributed by atoms with Crippen molar-refractivity contribution >= 4 is 51.7 Å². The van der Waals surface area contributed by atoms with Crippen LogP contribution in [0.5, 0.6) is 0 Å². The van der Waals surface area contributed by atoms with Gasteiger partial charge in [-0.15, -0.1) is 0 Å². The molecule has 1 aliphatic rings. The molecule has 4 rings (SSSR count). The summed E-state index contributed by atoms with van der Waals surface area (Å²) in [4.78, 5) is 20.2. The Labute approximate surface area is 198 Å². The SMILES string of the molecule is CC(C)CN(Cc1nc2ccc(Cl)cc2n1C1CCCC1)C(=O)c1ccc(Cl)cc1Cl. The normalized spacial score (nSPS) is 14.6. The van der Waals surface area contributed by atoms with Gasteiger partial charge in [0.05, 0.1) is 28.2 Å². The number of hydrogen-bond acceptors (Lipinski definition) is 2. The van der Waals surface area contributed by atoms with Crippen LogP contribution in [0.4, 0.5) is 0 Å². The molecule has 0 aliphatic heterocycles. The van der Waals surface area contributed by atoms with Crippen molar-refractivity contribution in [3.8, 4) is 0 Å². The third-order valence-corrected chi connectivity index (χ3v) is 6.56. The topological polar surface area (TPSA) is 38.1 Å². The zero-order chi connectivity index (χ0) is 22.1. The predicted octanol–water partition coefficient (Wildman–Crippen LogP) is 7.41. The van der Waals surface area contributed by atoms with E-state index in [-0.39, 0.29) is 5.91 Å². The van der Waals surface area contributed by atoms with Crippen LogP contribution in [0.1, 0.15) is 61.8 Å². The first-order chi connectivity index (χ1) is 14.8. The number of amides is 1. The highest BCUT2D eigenvalue weighted by molar-refractivity contribution is 6.36. The van der Waals surface area contributed by atoms with E-state index in [0.29, 0.717) is 45.7 Å². The summed E-state index contributed by atoms with van der Waals surface area (Å²) in [6.07, 6.45) is 4.65. The van der Waals surface area contributed by atoms with Gasteiger partial charge in [-0.2, -0.15) is 0 Å². The van der Waals surface area contributed by atoms with Crippen molar-refractivity contribution in [1.29, 1.82) is 0 Å². The van der Waals surface area contributed by atoms with Gasteiger partial charge in [0, 0.05) is 22.6 Å². The van der Waals surface area contributed by atoms with Crippen LogP contribution in [0.15, 0.2) is 36.4 Å². The number of aromatic nitrogens is 2. The molecular weight excluding hydrogens is 453 g/mol. The average molecular weight is 479 g/mol. The van der Waals surface area contributed by atoms with E-state index in [2.05, 4.69) is 18.4 Å². The van der Waals surface area contributed by atoms with Gasteiger partial charge in [-0.25, -0.2) is 4.98 Å². The minimum absolute atomic E-state index is 0.113. The van der Waals surface area contributed by atoms with Crippen LogP contribution in [0.25, 0.3) is 11.0 Å². The molecule has 164 valence electrons. The zero-order valence-corrected chi connectivity index (χ0v) is 20.0. The second-order valence-electron chi connectivity index (χ2n) is 8.67. The molecule has 1 saturated carbocycles. The largest absolute Gasteiger partial charge is 0.331 e. The maximum Gasteiger partial charge on any atom is 0.255 e. The van der Waals surface area contributed by atoms with Crippen molar-refractivity contribution in [3.05, 3.63) is 62.9 Å². The molecule has 0 spiro atoms. The lowest BCUT2D eigenvalue weighted by atomic mass is 10.1. The fourth-order valence-electron chi connectivity index (χ4n) is 4.46. The number of benzene rings is 2. The number of carbonyl (C=O) groups excluding carboxylic acids is 1. The van der Waals surface area contributed by atoms with Crippen molar-refractivity contribution < 1.29 is 4.79 Å². The van der Waals surface area contributed by atoms with Crippen LogP contribution < -0.4 is 0 Å². The predicted molar refractivity (Wildman–Crippen MR) is 128 cm³/mol. The number of rotatable bonds is 6. The Morgan fingerprint density at radius 3 is 2.45 bits per heavy atom. The van der Waals surface area contributed by atoms with E-state index in [0.717, 1.165) is 29.7 Å². The third-order valence-electron chi connectivity index (χ3n) is 5.78. The molecule has 4 nitrogen and oxygen atoms in total. The Morgan fingerprint density at radius 1 is 1.10 bits per heavy atom. The van der Waals surface area contributed by atoms with E-state index >= 15 is 0 Å². The van der Waals surface area contributed by atoms with Gasteiger partial charge in [0.25, 0.3) is 5.91 Å². The molecule has 3 aromatic rings. The quantitative estimate of drug-likeness (QED) is 0.370. The summed E-state index contributed by atoms with van der Waals surface area (Å²) < 4.78 is 2.30. The molecule has 1 fully saturated rings. The molecule has 0 saturated heterocycles. The Balaban J connectivity index is 1.74. The Morgan fingerprint density at radius 2 is 1.77 bits per heavy atom. The van der Waals surface area contributed by atoms with Gasteiger partial charge in [0.15, 0.2) is 0 Å². The smallest absolute Gasteiger partial charge is 0.255 e. The van der Waals surface area contributed by atoms with Gasteiger partial charge in [-0.1, -0.05) is 61.5 Å². The van der Waals surface area contributed by atoms with Crippen molar-refractivity contribution in [1.82, 2.24) is 14.5 Å². The monoisotopic (exact) mass is 477 g/mol. The standard InChI is InChI=1S/C24H26Cl3N3O/c1-15(2)13-29(24(31)19-9-7-16(25)11-20(19)27)14-23-28-21-10-8-17(26)12-22(21)30(23)18-5-3-4-6-18/h7-12,15,18H,3-6,13-14H2,1-2H3. The van der Waals surface area contributed by atoms with E-state index in [4.69, 9.17) is 39.8 Å². The fourth-order valence-corrected chi connectivity index (χ4v) is 5.12. The summed E-state index contributed by atoms with van der Waals surface area (Å²) in [6, 6.07) is 11.2. The molecule has 2 aromatic carbocycles. The number of hydrogen-bond donors (Lipinski definition) is 0. The van der Waals surface area contributed by atoms with Gasteiger partial charge in [-0.05, 0) is 55.2 Å². The van der Waals surface area contributed by atoms with Crippen molar-refractivity contribution in [2.75, 3.05) is 6.54 Å². The molecule has 0 radical (unpaired) electrons. The third kappa shape index (κ3) is 4.87. The maximum atomic E-state index is 13.5. The number of imidazole rings is 1. The van der Waals surface area contributed by atoms with Gasteiger partial charge in [0.1, 0.15) is 5.82 Å². The summed E-state index contributed by atoms with van der Waals surface area (Å²) >= 11 is 18.7. The van der Waals surface area contributed by atoms with Crippen LogP contribution in [-0.4, -0.2) is 26.9 Å². The van der Waals surface area contributed by atoms with E-state index in [9.17, 15) is 4.79 Å². The summed E-state index contributed by atoms with van der Waals surface area (Å²) in [5.74, 6) is 1.08. The number of halogens is 3. The van der Waals surface area contributed by atoms with Crippen LogP contribution >= 0.6 is 34.8 Å². The first kappa shape index (κ1) is 22.4. The van der Waals surface area contributed by atoms with Crippen molar-refractivity contribution in [3.63, 3.8) is 0 Å². The van der Waals surface area contributed by atoms with Crippen LogP contribution in [0.3, 0.4) is 0 Å².